The van der Waals surface area contributed by atoms with E-state index in [4.69, 9.17) is 0 Å². The van der Waals surface area contributed by atoms with Gasteiger partial charge in [0.05, 0.1) is 16.3 Å². The highest BCUT2D eigenvalue weighted by Crippen LogP contribution is 2.10. The smallest absolute Gasteiger partial charge is 0.266 e. The summed E-state index contributed by atoms with van der Waals surface area (Å²) in [5.74, 6) is -0.217. The molecule has 0 aliphatic rings. The number of amides is 1. The van der Waals surface area contributed by atoms with Gasteiger partial charge < -0.3 is 0 Å². The number of carbonyl (C=O) groups is 1. The molecule has 1 aromatic carbocycles. The Balaban J connectivity index is 1.77. The number of rotatable bonds is 4. The lowest BCUT2D eigenvalue weighted by Gasteiger charge is -2.04. The summed E-state index contributed by atoms with van der Waals surface area (Å²) in [6.45, 7) is 1.83. The van der Waals surface area contributed by atoms with Gasteiger partial charge in [0.2, 0.25) is 0 Å². The number of nitrogens with zero attached hydrogens (tertiary/aromatic N) is 5. The zero-order valence-corrected chi connectivity index (χ0v) is 12.5. The molecule has 2 heterocycles. The largest absolute Gasteiger partial charge is 0.281 e. The first-order valence-electron chi connectivity index (χ1n) is 6.46. The zero-order chi connectivity index (χ0) is 15.4. The Morgan fingerprint density at radius 3 is 2.95 bits per heavy atom. The number of tetrazole rings is 1. The average molecular weight is 312 g/mol. The molecule has 8 heteroatoms. The van der Waals surface area contributed by atoms with E-state index in [2.05, 4.69) is 26.1 Å². The van der Waals surface area contributed by atoms with Crippen LogP contribution in [0.5, 0.6) is 0 Å². The number of carbonyl (C=O) groups excluding carboxylic acids is 1. The third kappa shape index (κ3) is 3.07. The van der Waals surface area contributed by atoms with Crippen LogP contribution in [0.1, 0.15) is 22.2 Å². The third-order valence-corrected chi connectivity index (χ3v) is 3.82. The topological polar surface area (TPSA) is 85.1 Å². The summed E-state index contributed by atoms with van der Waals surface area (Å²) in [6, 6.07) is 11.1. The normalized spacial score (nSPS) is 11.4. The quantitative estimate of drug-likeness (QED) is 0.589. The van der Waals surface area contributed by atoms with Crippen molar-refractivity contribution < 1.29 is 4.79 Å². The molecule has 0 saturated heterocycles. The number of nitrogens with one attached hydrogen (secondary N) is 1. The van der Waals surface area contributed by atoms with Gasteiger partial charge >= 0.3 is 0 Å². The van der Waals surface area contributed by atoms with Crippen LogP contribution in [-0.2, 0) is 0 Å². The van der Waals surface area contributed by atoms with Gasteiger partial charge in [-0.1, -0.05) is 18.2 Å². The molecule has 0 saturated carbocycles. The molecular formula is C14H12N6OS. The Kier molecular flexibility index (Phi) is 4.01. The number of hydrazone groups is 1. The van der Waals surface area contributed by atoms with E-state index in [1.165, 1.54) is 17.7 Å². The number of aromatic nitrogens is 4. The first-order valence-corrected chi connectivity index (χ1v) is 7.34. The second-order valence-corrected chi connectivity index (χ2v) is 5.37. The fraction of sp³-hybridized carbons (Fsp3) is 0.0714. The van der Waals surface area contributed by atoms with E-state index in [1.807, 2.05) is 42.6 Å². The van der Waals surface area contributed by atoms with Gasteiger partial charge in [-0.3, -0.25) is 4.79 Å². The van der Waals surface area contributed by atoms with Gasteiger partial charge in [0, 0.05) is 0 Å². The van der Waals surface area contributed by atoms with Gasteiger partial charge in [-0.05, 0) is 46.5 Å². The number of benzene rings is 1. The van der Waals surface area contributed by atoms with Crippen LogP contribution >= 0.6 is 11.3 Å². The third-order valence-electron chi connectivity index (χ3n) is 2.95. The van der Waals surface area contributed by atoms with E-state index in [0.717, 1.165) is 11.3 Å². The number of thiophene rings is 1. The molecule has 0 unspecified atom stereocenters. The molecule has 0 aliphatic heterocycles. The van der Waals surface area contributed by atoms with Crippen molar-refractivity contribution in [1.29, 1.82) is 0 Å². The monoisotopic (exact) mass is 312 g/mol. The molecule has 0 fully saturated rings. The summed E-state index contributed by atoms with van der Waals surface area (Å²) in [5.41, 5.74) is 4.94. The molecule has 0 bridgehead atoms. The molecule has 3 aromatic rings. The maximum absolute atomic E-state index is 11.9. The maximum atomic E-state index is 11.9. The van der Waals surface area contributed by atoms with Gasteiger partial charge in [-0.25, -0.2) is 10.1 Å². The summed E-state index contributed by atoms with van der Waals surface area (Å²) in [7, 11) is 0. The van der Waals surface area contributed by atoms with Crippen molar-refractivity contribution in [3.05, 3.63) is 58.5 Å². The lowest BCUT2D eigenvalue weighted by molar-refractivity contribution is 0.0959. The Morgan fingerprint density at radius 1 is 1.32 bits per heavy atom. The van der Waals surface area contributed by atoms with Crippen LogP contribution in [0.2, 0.25) is 0 Å². The fourth-order valence-corrected chi connectivity index (χ4v) is 2.43. The highest BCUT2D eigenvalue weighted by atomic mass is 32.1. The number of hydrogen-bond donors (Lipinski definition) is 1. The van der Waals surface area contributed by atoms with Gasteiger partial charge in [-0.2, -0.15) is 5.10 Å². The lowest BCUT2D eigenvalue weighted by Crippen LogP contribution is -2.18. The molecule has 3 rings (SSSR count). The molecule has 0 radical (unpaired) electrons. The van der Waals surface area contributed by atoms with Crippen LogP contribution in [-0.4, -0.2) is 31.8 Å². The molecule has 1 amide bonds. The van der Waals surface area contributed by atoms with E-state index >= 15 is 0 Å². The SMILES string of the molecule is C/C(=N\NC(=O)c1cccs1)c1cccc(-n2cnnn2)c1. The predicted octanol–water partition coefficient (Wildman–Crippen LogP) is 1.88. The molecule has 110 valence electrons. The molecule has 1 N–H and O–H groups in total. The Hall–Kier alpha value is -2.87. The standard InChI is InChI=1S/C14H12N6OS/c1-10(16-17-14(21)13-6-3-7-22-13)11-4-2-5-12(8-11)20-9-15-18-19-20/h2-9H,1H3,(H,17,21)/b16-10+. The van der Waals surface area contributed by atoms with Gasteiger partial charge in [-0.15, -0.1) is 16.4 Å². The molecule has 22 heavy (non-hydrogen) atoms. The van der Waals surface area contributed by atoms with Crippen molar-refractivity contribution >= 4 is 23.0 Å². The Bertz CT molecular complexity index is 795. The average Bonchev–Trinajstić information content (AvgIpc) is 3.25. The number of hydrogen-bond acceptors (Lipinski definition) is 6. The van der Waals surface area contributed by atoms with Crippen LogP contribution in [0.15, 0.2) is 53.2 Å². The van der Waals surface area contributed by atoms with Gasteiger partial charge in [0.25, 0.3) is 5.91 Å². The Labute approximate surface area is 130 Å². The van der Waals surface area contributed by atoms with E-state index in [1.54, 1.807) is 10.7 Å². The van der Waals surface area contributed by atoms with Crippen LogP contribution in [0.3, 0.4) is 0 Å². The van der Waals surface area contributed by atoms with Crippen molar-refractivity contribution in [2.24, 2.45) is 5.10 Å². The summed E-state index contributed by atoms with van der Waals surface area (Å²) < 4.78 is 1.56. The Morgan fingerprint density at radius 2 is 2.23 bits per heavy atom. The summed E-state index contributed by atoms with van der Waals surface area (Å²) >= 11 is 1.37. The first kappa shape index (κ1) is 14.1. The summed E-state index contributed by atoms with van der Waals surface area (Å²) in [6.07, 6.45) is 1.52. The second kappa shape index (κ2) is 6.27. The van der Waals surface area contributed by atoms with Crippen LogP contribution in [0, 0.1) is 0 Å². The van der Waals surface area contributed by atoms with Crippen LogP contribution in [0.25, 0.3) is 5.69 Å². The maximum Gasteiger partial charge on any atom is 0.281 e. The van der Waals surface area contributed by atoms with Crippen LogP contribution < -0.4 is 5.43 Å². The zero-order valence-electron chi connectivity index (χ0n) is 11.7. The van der Waals surface area contributed by atoms with Crippen molar-refractivity contribution in [3.63, 3.8) is 0 Å². The van der Waals surface area contributed by atoms with Gasteiger partial charge in [0.15, 0.2) is 0 Å². The highest BCUT2D eigenvalue weighted by molar-refractivity contribution is 7.12. The minimum absolute atomic E-state index is 0.217. The summed E-state index contributed by atoms with van der Waals surface area (Å²) in [4.78, 5) is 12.5. The first-order chi connectivity index (χ1) is 10.7. The molecule has 7 nitrogen and oxygen atoms in total. The van der Waals surface area contributed by atoms with E-state index < -0.39 is 0 Å². The highest BCUT2D eigenvalue weighted by Gasteiger charge is 2.06. The molecular weight excluding hydrogens is 300 g/mol. The molecule has 0 spiro atoms. The van der Waals surface area contributed by atoms with Crippen molar-refractivity contribution in [2.45, 2.75) is 6.92 Å². The second-order valence-electron chi connectivity index (χ2n) is 4.42. The van der Waals surface area contributed by atoms with E-state index in [-0.39, 0.29) is 5.91 Å². The van der Waals surface area contributed by atoms with Crippen LogP contribution in [0.4, 0.5) is 0 Å². The fourth-order valence-electron chi connectivity index (χ4n) is 1.82. The minimum Gasteiger partial charge on any atom is -0.266 e. The van der Waals surface area contributed by atoms with Crippen molar-refractivity contribution in [2.75, 3.05) is 0 Å². The molecule has 2 aromatic heterocycles. The minimum atomic E-state index is -0.217. The predicted molar refractivity (Wildman–Crippen MR) is 83.2 cm³/mol. The van der Waals surface area contributed by atoms with E-state index in [9.17, 15) is 4.79 Å². The van der Waals surface area contributed by atoms with Crippen molar-refractivity contribution in [1.82, 2.24) is 25.6 Å². The molecule has 0 atom stereocenters. The van der Waals surface area contributed by atoms with Gasteiger partial charge in [0.1, 0.15) is 6.33 Å². The molecule has 0 aliphatic carbocycles. The van der Waals surface area contributed by atoms with E-state index in [0.29, 0.717) is 10.6 Å². The summed E-state index contributed by atoms with van der Waals surface area (Å²) in [5, 5.41) is 17.0. The lowest BCUT2D eigenvalue weighted by atomic mass is 10.1. The van der Waals surface area contributed by atoms with Crippen molar-refractivity contribution in [3.8, 4) is 5.69 Å².